The molecule has 2 amide bonds. The topological polar surface area (TPSA) is 121 Å². The molecule has 3 heterocycles. The number of carbonyl (C=O) groups is 2. The van der Waals surface area contributed by atoms with Crippen molar-refractivity contribution in [3.8, 4) is 5.75 Å². The first-order valence-electron chi connectivity index (χ1n) is 17.6. The van der Waals surface area contributed by atoms with Crippen LogP contribution in [0.2, 0.25) is 0 Å². The number of carbonyl (C=O) groups excluding carboxylic acids is 2. The summed E-state index contributed by atoms with van der Waals surface area (Å²) in [6.45, 7) is 9.55. The summed E-state index contributed by atoms with van der Waals surface area (Å²) < 4.78 is 8.77. The van der Waals surface area contributed by atoms with Crippen LogP contribution in [-0.4, -0.2) is 63.2 Å². The molecule has 0 saturated carbocycles. The van der Waals surface area contributed by atoms with Gasteiger partial charge >= 0.3 is 0 Å². The monoisotopic (exact) mass is 666 g/mol. The molecule has 6 rings (SSSR count). The maximum Gasteiger partial charge on any atom is 0.251 e. The molecule has 2 aliphatic rings. The third-order valence-electron chi connectivity index (χ3n) is 10.4. The van der Waals surface area contributed by atoms with Gasteiger partial charge in [0.1, 0.15) is 11.9 Å². The molecular formula is C39H50N6O4. The highest BCUT2D eigenvalue weighted by Crippen LogP contribution is 2.42. The van der Waals surface area contributed by atoms with Crippen LogP contribution >= 0.6 is 0 Å². The summed E-state index contributed by atoms with van der Waals surface area (Å²) in [5, 5.41) is 23.9. The van der Waals surface area contributed by atoms with Crippen molar-refractivity contribution in [1.82, 2.24) is 24.8 Å². The summed E-state index contributed by atoms with van der Waals surface area (Å²) in [5.74, 6) is 1.76. The number of anilines is 1. The highest BCUT2D eigenvalue weighted by molar-refractivity contribution is 5.97. The van der Waals surface area contributed by atoms with Crippen molar-refractivity contribution in [2.75, 3.05) is 32.1 Å². The molecule has 0 bridgehead atoms. The van der Waals surface area contributed by atoms with E-state index in [0.29, 0.717) is 23.6 Å². The van der Waals surface area contributed by atoms with Crippen LogP contribution in [0, 0.1) is 0 Å². The molecule has 49 heavy (non-hydrogen) atoms. The number of ether oxygens (including phenoxy) is 1. The standard InChI is InChI=1S/C39H50N6O4/c1-38(2,3)28-22-27(36(48)40-19-21-46)23-29(24-28)41-35(47)13-8-10-26-14-16-33(32-12-7-6-11-31(26)32)49-30-15-17-34-42-43-37(45(34)25-30)39(4)18-9-20-44(39)5/h6-7,11-12,15,17,22-26,33,46H,8-10,13-14,16,18-21H2,1-5H3,(H,40,48)(H,41,47)/t26-,33+,39-/m0/s1. The molecule has 1 aliphatic heterocycles. The molecular weight excluding hydrogens is 616 g/mol. The molecule has 0 spiro atoms. The Morgan fingerprint density at radius 1 is 1.06 bits per heavy atom. The summed E-state index contributed by atoms with van der Waals surface area (Å²) in [7, 11) is 2.15. The summed E-state index contributed by atoms with van der Waals surface area (Å²) in [4.78, 5) is 28.1. The van der Waals surface area contributed by atoms with E-state index < -0.39 is 0 Å². The second-order valence-corrected chi connectivity index (χ2v) is 14.9. The minimum atomic E-state index is -0.274. The van der Waals surface area contributed by atoms with Crippen molar-refractivity contribution in [3.63, 3.8) is 0 Å². The number of fused-ring (bicyclic) bond motifs is 2. The zero-order valence-corrected chi connectivity index (χ0v) is 29.5. The molecule has 2 aromatic heterocycles. The lowest BCUT2D eigenvalue weighted by atomic mass is 9.79. The smallest absolute Gasteiger partial charge is 0.251 e. The van der Waals surface area contributed by atoms with E-state index in [1.807, 2.05) is 30.5 Å². The number of rotatable bonds is 11. The van der Waals surface area contributed by atoms with E-state index in [1.165, 1.54) is 11.1 Å². The van der Waals surface area contributed by atoms with Gasteiger partial charge in [-0.25, -0.2) is 0 Å². The number of benzene rings is 2. The average molecular weight is 667 g/mol. The van der Waals surface area contributed by atoms with Crippen molar-refractivity contribution < 1.29 is 19.4 Å². The Bertz CT molecular complexity index is 1810. The van der Waals surface area contributed by atoms with Crippen LogP contribution in [0.1, 0.15) is 118 Å². The van der Waals surface area contributed by atoms with E-state index in [0.717, 1.165) is 67.9 Å². The van der Waals surface area contributed by atoms with Gasteiger partial charge < -0.3 is 20.5 Å². The molecule has 260 valence electrons. The van der Waals surface area contributed by atoms with E-state index in [-0.39, 0.29) is 42.0 Å². The number of hydrogen-bond acceptors (Lipinski definition) is 7. The Labute approximate surface area is 289 Å². The van der Waals surface area contributed by atoms with E-state index in [2.05, 4.69) is 89.1 Å². The molecule has 1 fully saturated rings. The number of aliphatic hydroxyl groups is 1. The Hall–Kier alpha value is -4.28. The average Bonchev–Trinajstić information content (AvgIpc) is 3.66. The SMILES string of the molecule is CN1CCC[C@@]1(C)c1nnc2ccc(O[C@@H]3CC[C@H](CCCC(=O)Nc4cc(C(=O)NCCO)cc(C(C)(C)C)c4)c4ccccc43)cn12. The van der Waals surface area contributed by atoms with Gasteiger partial charge in [0.25, 0.3) is 5.91 Å². The molecule has 3 N–H and O–H groups in total. The van der Waals surface area contributed by atoms with Crippen molar-refractivity contribution in [1.29, 1.82) is 0 Å². The lowest BCUT2D eigenvalue weighted by Crippen LogP contribution is -2.37. The van der Waals surface area contributed by atoms with E-state index in [9.17, 15) is 9.59 Å². The lowest BCUT2D eigenvalue weighted by molar-refractivity contribution is -0.116. The number of aliphatic hydroxyl groups excluding tert-OH is 1. The number of hydrogen-bond donors (Lipinski definition) is 3. The highest BCUT2D eigenvalue weighted by atomic mass is 16.5. The molecule has 3 atom stereocenters. The van der Waals surface area contributed by atoms with E-state index in [1.54, 1.807) is 6.07 Å². The summed E-state index contributed by atoms with van der Waals surface area (Å²) in [6.07, 6.45) is 8.07. The van der Waals surface area contributed by atoms with Crippen molar-refractivity contribution in [3.05, 3.63) is 88.9 Å². The predicted molar refractivity (Wildman–Crippen MR) is 191 cm³/mol. The third kappa shape index (κ3) is 7.50. The Morgan fingerprint density at radius 3 is 2.59 bits per heavy atom. The Kier molecular flexibility index (Phi) is 10.1. The molecule has 10 heteroatoms. The fourth-order valence-corrected chi connectivity index (χ4v) is 7.38. The fourth-order valence-electron chi connectivity index (χ4n) is 7.38. The zero-order chi connectivity index (χ0) is 34.8. The molecule has 1 aliphatic carbocycles. The van der Waals surface area contributed by atoms with Crippen LogP contribution in [0.5, 0.6) is 5.75 Å². The fraction of sp³-hybridized carbons (Fsp3) is 0.487. The number of pyridine rings is 1. The summed E-state index contributed by atoms with van der Waals surface area (Å²) in [5.41, 5.74) is 4.98. The molecule has 1 saturated heterocycles. The quantitative estimate of drug-likeness (QED) is 0.167. The largest absolute Gasteiger partial charge is 0.484 e. The van der Waals surface area contributed by atoms with Gasteiger partial charge in [-0.3, -0.25) is 18.9 Å². The van der Waals surface area contributed by atoms with Crippen LogP contribution in [0.3, 0.4) is 0 Å². The van der Waals surface area contributed by atoms with Crippen LogP contribution in [-0.2, 0) is 15.7 Å². The normalized spacial score (nSPS) is 21.0. The summed E-state index contributed by atoms with van der Waals surface area (Å²) in [6, 6.07) is 18.0. The molecule has 2 aromatic carbocycles. The van der Waals surface area contributed by atoms with Crippen LogP contribution in [0.4, 0.5) is 5.69 Å². The van der Waals surface area contributed by atoms with Crippen LogP contribution < -0.4 is 15.4 Å². The minimum Gasteiger partial charge on any atom is -0.484 e. The van der Waals surface area contributed by atoms with Gasteiger partial charge in [-0.2, -0.15) is 0 Å². The first-order chi connectivity index (χ1) is 23.5. The lowest BCUT2D eigenvalue weighted by Gasteiger charge is -2.32. The van der Waals surface area contributed by atoms with Gasteiger partial charge in [-0.15, -0.1) is 10.2 Å². The van der Waals surface area contributed by atoms with Crippen molar-refractivity contribution in [2.45, 2.75) is 95.6 Å². The van der Waals surface area contributed by atoms with Crippen molar-refractivity contribution in [2.24, 2.45) is 0 Å². The molecule has 0 unspecified atom stereocenters. The van der Waals surface area contributed by atoms with Crippen molar-refractivity contribution >= 4 is 23.1 Å². The Balaban J connectivity index is 1.10. The number of likely N-dealkylation sites (tertiary alicyclic amines) is 1. The minimum absolute atomic E-state index is 0.0586. The molecule has 10 nitrogen and oxygen atoms in total. The van der Waals surface area contributed by atoms with E-state index >= 15 is 0 Å². The predicted octanol–water partition coefficient (Wildman–Crippen LogP) is 6.50. The summed E-state index contributed by atoms with van der Waals surface area (Å²) >= 11 is 0. The first kappa shape index (κ1) is 34.6. The Morgan fingerprint density at radius 2 is 1.86 bits per heavy atom. The van der Waals surface area contributed by atoms with E-state index in [4.69, 9.17) is 9.84 Å². The second-order valence-electron chi connectivity index (χ2n) is 14.9. The molecule has 0 radical (unpaired) electrons. The maximum absolute atomic E-state index is 13.1. The third-order valence-corrected chi connectivity index (χ3v) is 10.4. The van der Waals surface area contributed by atoms with Gasteiger partial charge in [-0.05, 0) is 117 Å². The van der Waals surface area contributed by atoms with Crippen LogP contribution in [0.15, 0.2) is 60.8 Å². The number of aromatic nitrogens is 3. The second kappa shape index (κ2) is 14.3. The zero-order valence-electron chi connectivity index (χ0n) is 29.5. The van der Waals surface area contributed by atoms with Gasteiger partial charge in [0.2, 0.25) is 5.91 Å². The van der Waals surface area contributed by atoms with Gasteiger partial charge in [-0.1, -0.05) is 45.0 Å². The number of nitrogens with zero attached hydrogens (tertiary/aromatic N) is 4. The van der Waals surface area contributed by atoms with Gasteiger partial charge in [0, 0.05) is 24.2 Å². The first-order valence-corrected chi connectivity index (χ1v) is 17.6. The number of nitrogens with one attached hydrogen (secondary N) is 2. The van der Waals surface area contributed by atoms with Gasteiger partial charge in [0.15, 0.2) is 11.5 Å². The van der Waals surface area contributed by atoms with Crippen LogP contribution in [0.25, 0.3) is 5.65 Å². The maximum atomic E-state index is 13.1. The number of amides is 2. The van der Waals surface area contributed by atoms with Gasteiger partial charge in [0.05, 0.1) is 18.3 Å². The molecule has 4 aromatic rings. The highest BCUT2D eigenvalue weighted by Gasteiger charge is 2.39.